The molecule has 0 radical (unpaired) electrons. The van der Waals surface area contributed by atoms with Gasteiger partial charge in [0.25, 0.3) is 0 Å². The zero-order valence-electron chi connectivity index (χ0n) is 9.09. The van der Waals surface area contributed by atoms with Gasteiger partial charge in [0.05, 0.1) is 0 Å². The number of carbonyl (C=O) groups is 1. The zero-order valence-corrected chi connectivity index (χ0v) is 10.7. The van der Waals surface area contributed by atoms with Gasteiger partial charge in [0.1, 0.15) is 0 Å². The first-order valence-electron chi connectivity index (χ1n) is 5.09. The van der Waals surface area contributed by atoms with Crippen LogP contribution in [0.4, 0.5) is 5.69 Å². The van der Waals surface area contributed by atoms with Crippen LogP contribution in [0.3, 0.4) is 0 Å². The standard InChI is InChI=1S/C12H16BrNO/c1-8(2)3-6-12(15)10-5-4-9(14)7-11(10)13/h4-5,7-8H,3,6,14H2,1-2H3. The fraction of sp³-hybridized carbons (Fsp3) is 0.417. The van der Waals surface area contributed by atoms with E-state index in [2.05, 4.69) is 29.8 Å². The number of rotatable bonds is 4. The monoisotopic (exact) mass is 269 g/mol. The van der Waals surface area contributed by atoms with Gasteiger partial charge in [-0.15, -0.1) is 0 Å². The SMILES string of the molecule is CC(C)CCC(=O)c1ccc(N)cc1Br. The van der Waals surface area contributed by atoms with E-state index >= 15 is 0 Å². The highest BCUT2D eigenvalue weighted by molar-refractivity contribution is 9.10. The van der Waals surface area contributed by atoms with Gasteiger partial charge in [-0.2, -0.15) is 0 Å². The molecular weight excluding hydrogens is 254 g/mol. The molecule has 1 rings (SSSR count). The van der Waals surface area contributed by atoms with Gasteiger partial charge in [0.15, 0.2) is 5.78 Å². The van der Waals surface area contributed by atoms with E-state index in [0.717, 1.165) is 16.5 Å². The lowest BCUT2D eigenvalue weighted by Crippen LogP contribution is -2.02. The molecule has 82 valence electrons. The first-order valence-corrected chi connectivity index (χ1v) is 5.88. The van der Waals surface area contributed by atoms with E-state index in [0.29, 0.717) is 18.0 Å². The minimum atomic E-state index is 0.176. The topological polar surface area (TPSA) is 43.1 Å². The molecular formula is C12H16BrNO. The first-order chi connectivity index (χ1) is 7.00. The molecule has 2 nitrogen and oxygen atoms in total. The highest BCUT2D eigenvalue weighted by Gasteiger charge is 2.10. The highest BCUT2D eigenvalue weighted by Crippen LogP contribution is 2.22. The Morgan fingerprint density at radius 1 is 1.47 bits per heavy atom. The summed E-state index contributed by atoms with van der Waals surface area (Å²) >= 11 is 3.35. The van der Waals surface area contributed by atoms with Crippen molar-refractivity contribution < 1.29 is 4.79 Å². The van der Waals surface area contributed by atoms with Crippen molar-refractivity contribution in [2.75, 3.05) is 5.73 Å². The smallest absolute Gasteiger partial charge is 0.164 e. The minimum absolute atomic E-state index is 0.176. The van der Waals surface area contributed by atoms with E-state index < -0.39 is 0 Å². The van der Waals surface area contributed by atoms with Crippen LogP contribution < -0.4 is 5.73 Å². The Morgan fingerprint density at radius 3 is 2.67 bits per heavy atom. The van der Waals surface area contributed by atoms with Crippen LogP contribution in [0.5, 0.6) is 0 Å². The molecule has 2 N–H and O–H groups in total. The van der Waals surface area contributed by atoms with Gasteiger partial charge in [0.2, 0.25) is 0 Å². The lowest BCUT2D eigenvalue weighted by molar-refractivity contribution is 0.0974. The molecule has 0 aliphatic rings. The van der Waals surface area contributed by atoms with E-state index in [9.17, 15) is 4.79 Å². The third-order valence-electron chi connectivity index (χ3n) is 2.24. The van der Waals surface area contributed by atoms with E-state index in [-0.39, 0.29) is 5.78 Å². The third-order valence-corrected chi connectivity index (χ3v) is 2.90. The predicted molar refractivity (Wildman–Crippen MR) is 67.0 cm³/mol. The molecule has 1 aromatic carbocycles. The molecule has 1 aromatic rings. The normalized spacial score (nSPS) is 10.7. The summed E-state index contributed by atoms with van der Waals surface area (Å²) in [6.45, 7) is 4.23. The van der Waals surface area contributed by atoms with E-state index in [1.165, 1.54) is 0 Å². The van der Waals surface area contributed by atoms with Crippen LogP contribution in [0.2, 0.25) is 0 Å². The molecule has 0 bridgehead atoms. The number of ketones is 1. The largest absolute Gasteiger partial charge is 0.399 e. The summed E-state index contributed by atoms with van der Waals surface area (Å²) in [5.74, 6) is 0.733. The fourth-order valence-electron chi connectivity index (χ4n) is 1.31. The van der Waals surface area contributed by atoms with E-state index in [4.69, 9.17) is 5.73 Å². The Kier molecular flexibility index (Phi) is 4.33. The summed E-state index contributed by atoms with van der Waals surface area (Å²) in [6, 6.07) is 5.30. The second kappa shape index (κ2) is 5.31. The number of hydrogen-bond donors (Lipinski definition) is 1. The molecule has 0 saturated heterocycles. The molecule has 0 saturated carbocycles. The maximum absolute atomic E-state index is 11.8. The average Bonchev–Trinajstić information content (AvgIpc) is 2.14. The van der Waals surface area contributed by atoms with Crippen molar-refractivity contribution in [2.45, 2.75) is 26.7 Å². The quantitative estimate of drug-likeness (QED) is 0.670. The molecule has 0 heterocycles. The van der Waals surface area contributed by atoms with Crippen molar-refractivity contribution in [1.29, 1.82) is 0 Å². The van der Waals surface area contributed by atoms with Crippen molar-refractivity contribution in [2.24, 2.45) is 5.92 Å². The third kappa shape index (κ3) is 3.67. The van der Waals surface area contributed by atoms with Gasteiger partial charge in [-0.3, -0.25) is 4.79 Å². The summed E-state index contributed by atoms with van der Waals surface area (Å²) in [4.78, 5) is 11.8. The summed E-state index contributed by atoms with van der Waals surface area (Å²) in [6.07, 6.45) is 1.52. The van der Waals surface area contributed by atoms with Crippen molar-refractivity contribution in [3.05, 3.63) is 28.2 Å². The summed E-state index contributed by atoms with van der Waals surface area (Å²) in [5.41, 5.74) is 7.00. The molecule has 0 fully saturated rings. The average molecular weight is 270 g/mol. The minimum Gasteiger partial charge on any atom is -0.399 e. The van der Waals surface area contributed by atoms with Gasteiger partial charge in [0, 0.05) is 22.1 Å². The lowest BCUT2D eigenvalue weighted by Gasteiger charge is -2.06. The number of Topliss-reactive ketones (excluding diaryl/α,β-unsaturated/α-hetero) is 1. The van der Waals surface area contributed by atoms with Crippen LogP contribution in [0.15, 0.2) is 22.7 Å². The second-order valence-corrected chi connectivity index (χ2v) is 4.95. The molecule has 0 aromatic heterocycles. The first kappa shape index (κ1) is 12.2. The Balaban J connectivity index is 2.74. The Hall–Kier alpha value is -0.830. The van der Waals surface area contributed by atoms with Crippen LogP contribution in [0, 0.1) is 5.92 Å². The Labute approximate surface area is 99.0 Å². The van der Waals surface area contributed by atoms with Gasteiger partial charge in [-0.05, 0) is 46.5 Å². The lowest BCUT2D eigenvalue weighted by atomic mass is 10.0. The molecule has 3 heteroatoms. The summed E-state index contributed by atoms with van der Waals surface area (Å²) in [5, 5.41) is 0. The zero-order chi connectivity index (χ0) is 11.4. The number of hydrogen-bond acceptors (Lipinski definition) is 2. The van der Waals surface area contributed by atoms with Gasteiger partial charge in [-0.1, -0.05) is 13.8 Å². The summed E-state index contributed by atoms with van der Waals surface area (Å²) in [7, 11) is 0. The predicted octanol–water partition coefficient (Wildman–Crippen LogP) is 3.65. The number of carbonyl (C=O) groups excluding carboxylic acids is 1. The van der Waals surface area contributed by atoms with E-state index in [1.807, 2.05) is 0 Å². The molecule has 0 aliphatic carbocycles. The second-order valence-electron chi connectivity index (χ2n) is 4.09. The van der Waals surface area contributed by atoms with Crippen molar-refractivity contribution in [3.63, 3.8) is 0 Å². The number of nitrogens with two attached hydrogens (primary N) is 1. The van der Waals surface area contributed by atoms with Crippen molar-refractivity contribution in [1.82, 2.24) is 0 Å². The molecule has 0 unspecified atom stereocenters. The maximum Gasteiger partial charge on any atom is 0.164 e. The number of anilines is 1. The highest BCUT2D eigenvalue weighted by atomic mass is 79.9. The van der Waals surface area contributed by atoms with Gasteiger partial charge >= 0.3 is 0 Å². The van der Waals surface area contributed by atoms with Crippen LogP contribution in [-0.2, 0) is 0 Å². The number of nitrogen functional groups attached to an aromatic ring is 1. The molecule has 0 atom stereocenters. The maximum atomic E-state index is 11.8. The fourth-order valence-corrected chi connectivity index (χ4v) is 1.93. The summed E-state index contributed by atoms with van der Waals surface area (Å²) < 4.78 is 0.788. The van der Waals surface area contributed by atoms with Crippen LogP contribution in [0.1, 0.15) is 37.0 Å². The Morgan fingerprint density at radius 2 is 2.13 bits per heavy atom. The van der Waals surface area contributed by atoms with Gasteiger partial charge in [-0.25, -0.2) is 0 Å². The molecule has 0 amide bonds. The van der Waals surface area contributed by atoms with Crippen LogP contribution >= 0.6 is 15.9 Å². The Bertz CT molecular complexity index is 361. The molecule has 0 spiro atoms. The van der Waals surface area contributed by atoms with E-state index in [1.54, 1.807) is 18.2 Å². The van der Waals surface area contributed by atoms with Crippen LogP contribution in [0.25, 0.3) is 0 Å². The number of benzene rings is 1. The van der Waals surface area contributed by atoms with Gasteiger partial charge < -0.3 is 5.73 Å². The molecule has 0 aliphatic heterocycles. The van der Waals surface area contributed by atoms with Crippen LogP contribution in [-0.4, -0.2) is 5.78 Å². The molecule has 15 heavy (non-hydrogen) atoms. The van der Waals surface area contributed by atoms with Crippen molar-refractivity contribution in [3.8, 4) is 0 Å². The number of halogens is 1. The van der Waals surface area contributed by atoms with Crippen molar-refractivity contribution >= 4 is 27.4 Å².